The van der Waals surface area contributed by atoms with Crippen LogP contribution in [0, 0.1) is 0 Å². The summed E-state index contributed by atoms with van der Waals surface area (Å²) in [6, 6.07) is 1.48. The first-order valence-corrected chi connectivity index (χ1v) is 4.19. The second-order valence-corrected chi connectivity index (χ2v) is 3.26. The molecule has 1 heterocycles. The first-order valence-electron chi connectivity index (χ1n) is 4.19. The summed E-state index contributed by atoms with van der Waals surface area (Å²) in [4.78, 5) is 15.8. The highest BCUT2D eigenvalue weighted by Gasteiger charge is 2.15. The third kappa shape index (κ3) is 2.59. The van der Waals surface area contributed by atoms with E-state index >= 15 is 0 Å². The van der Waals surface area contributed by atoms with Gasteiger partial charge in [-0.3, -0.25) is 4.79 Å². The molecule has 13 heavy (non-hydrogen) atoms. The summed E-state index contributed by atoms with van der Waals surface area (Å²) in [6.07, 6.45) is 4.26. The van der Waals surface area contributed by atoms with Crippen LogP contribution in [0.5, 0.6) is 0 Å². The van der Waals surface area contributed by atoms with Gasteiger partial charge in [0, 0.05) is 26.5 Å². The fourth-order valence-electron chi connectivity index (χ4n) is 1.16. The predicted molar refractivity (Wildman–Crippen MR) is 51.2 cm³/mol. The number of carbonyl (C=O) groups excluding carboxylic acids is 1. The molecular weight excluding hydrogens is 166 g/mol. The van der Waals surface area contributed by atoms with Crippen LogP contribution in [-0.2, 0) is 11.2 Å². The quantitative estimate of drug-likeness (QED) is 0.688. The number of aromatic amines is 1. The minimum Gasteiger partial charge on any atom is -0.367 e. The van der Waals surface area contributed by atoms with Gasteiger partial charge < -0.3 is 15.6 Å². The molecule has 0 saturated carbocycles. The molecular formula is C9H15N3O. The third-order valence-electron chi connectivity index (χ3n) is 1.88. The van der Waals surface area contributed by atoms with E-state index in [2.05, 4.69) is 4.98 Å². The van der Waals surface area contributed by atoms with Crippen molar-refractivity contribution in [2.75, 3.05) is 14.1 Å². The van der Waals surface area contributed by atoms with Crippen molar-refractivity contribution in [2.24, 2.45) is 5.73 Å². The van der Waals surface area contributed by atoms with Crippen LogP contribution in [0.4, 0.5) is 0 Å². The van der Waals surface area contributed by atoms with E-state index in [1.165, 1.54) is 4.90 Å². The Balaban J connectivity index is 2.51. The summed E-state index contributed by atoms with van der Waals surface area (Å²) in [5, 5.41) is 0. The lowest BCUT2D eigenvalue weighted by molar-refractivity contribution is -0.130. The van der Waals surface area contributed by atoms with E-state index in [9.17, 15) is 4.79 Å². The van der Waals surface area contributed by atoms with Crippen LogP contribution < -0.4 is 5.73 Å². The summed E-state index contributed by atoms with van der Waals surface area (Å²) in [6.45, 7) is 0. The van der Waals surface area contributed by atoms with Crippen LogP contribution in [0.2, 0.25) is 0 Å². The van der Waals surface area contributed by atoms with Crippen LogP contribution in [0.3, 0.4) is 0 Å². The van der Waals surface area contributed by atoms with Crippen molar-refractivity contribution in [1.29, 1.82) is 0 Å². The predicted octanol–water partition coefficient (Wildman–Crippen LogP) is -0.0273. The normalized spacial score (nSPS) is 12.5. The Morgan fingerprint density at radius 1 is 1.69 bits per heavy atom. The Labute approximate surface area is 77.7 Å². The number of carbonyl (C=O) groups is 1. The molecule has 1 rings (SSSR count). The molecule has 0 saturated heterocycles. The number of hydrogen-bond donors (Lipinski definition) is 2. The number of amides is 1. The zero-order valence-corrected chi connectivity index (χ0v) is 7.95. The van der Waals surface area contributed by atoms with Crippen molar-refractivity contribution in [3.05, 3.63) is 24.0 Å². The van der Waals surface area contributed by atoms with Gasteiger partial charge >= 0.3 is 0 Å². The Morgan fingerprint density at radius 2 is 2.38 bits per heavy atom. The highest BCUT2D eigenvalue weighted by molar-refractivity contribution is 5.81. The van der Waals surface area contributed by atoms with Crippen LogP contribution in [0.15, 0.2) is 18.5 Å². The van der Waals surface area contributed by atoms with Gasteiger partial charge in [0.25, 0.3) is 0 Å². The topological polar surface area (TPSA) is 62.1 Å². The highest BCUT2D eigenvalue weighted by atomic mass is 16.2. The van der Waals surface area contributed by atoms with E-state index in [0.717, 1.165) is 5.56 Å². The monoisotopic (exact) mass is 181 g/mol. The average Bonchev–Trinajstić information content (AvgIpc) is 2.55. The van der Waals surface area contributed by atoms with Crippen molar-refractivity contribution >= 4 is 5.91 Å². The molecule has 1 aromatic heterocycles. The molecule has 72 valence electrons. The third-order valence-corrected chi connectivity index (χ3v) is 1.88. The lowest BCUT2D eigenvalue weighted by Crippen LogP contribution is -2.41. The van der Waals surface area contributed by atoms with Gasteiger partial charge in [0.1, 0.15) is 0 Å². The maximum Gasteiger partial charge on any atom is 0.239 e. The van der Waals surface area contributed by atoms with E-state index in [0.29, 0.717) is 6.42 Å². The number of hydrogen-bond acceptors (Lipinski definition) is 2. The summed E-state index contributed by atoms with van der Waals surface area (Å²) < 4.78 is 0. The number of likely N-dealkylation sites (N-methyl/N-ethyl adjacent to an activating group) is 1. The number of aromatic nitrogens is 1. The van der Waals surface area contributed by atoms with Gasteiger partial charge in [-0.25, -0.2) is 0 Å². The molecule has 0 aliphatic rings. The van der Waals surface area contributed by atoms with E-state index in [-0.39, 0.29) is 5.91 Å². The largest absolute Gasteiger partial charge is 0.367 e. The van der Waals surface area contributed by atoms with Crippen LogP contribution in [-0.4, -0.2) is 35.9 Å². The van der Waals surface area contributed by atoms with Crippen molar-refractivity contribution in [3.8, 4) is 0 Å². The molecule has 0 fully saturated rings. The maximum atomic E-state index is 11.4. The zero-order valence-electron chi connectivity index (χ0n) is 7.95. The Bertz CT molecular complexity index is 266. The van der Waals surface area contributed by atoms with E-state index in [1.54, 1.807) is 14.1 Å². The second kappa shape index (κ2) is 4.09. The molecule has 0 aliphatic heterocycles. The van der Waals surface area contributed by atoms with Gasteiger partial charge in [0.15, 0.2) is 0 Å². The summed E-state index contributed by atoms with van der Waals surface area (Å²) >= 11 is 0. The Morgan fingerprint density at radius 3 is 2.85 bits per heavy atom. The van der Waals surface area contributed by atoms with Crippen molar-refractivity contribution < 1.29 is 4.79 Å². The van der Waals surface area contributed by atoms with Gasteiger partial charge in [-0.1, -0.05) is 0 Å². The van der Waals surface area contributed by atoms with Crippen LogP contribution >= 0.6 is 0 Å². The first kappa shape index (κ1) is 9.80. The number of nitrogens with zero attached hydrogens (tertiary/aromatic N) is 1. The fraction of sp³-hybridized carbons (Fsp3) is 0.444. The minimum atomic E-state index is -0.439. The SMILES string of the molecule is CN(C)C(=O)C(N)Cc1cc[nH]c1. The minimum absolute atomic E-state index is 0.0406. The Kier molecular flexibility index (Phi) is 3.08. The second-order valence-electron chi connectivity index (χ2n) is 3.26. The van der Waals surface area contributed by atoms with Gasteiger partial charge in [0.2, 0.25) is 5.91 Å². The number of nitrogens with one attached hydrogen (secondary N) is 1. The van der Waals surface area contributed by atoms with Crippen LogP contribution in [0.25, 0.3) is 0 Å². The van der Waals surface area contributed by atoms with Gasteiger partial charge in [-0.05, 0) is 18.1 Å². The van der Waals surface area contributed by atoms with Crippen molar-refractivity contribution in [3.63, 3.8) is 0 Å². The first-order chi connectivity index (χ1) is 6.11. The van der Waals surface area contributed by atoms with E-state index in [1.807, 2.05) is 18.5 Å². The lowest BCUT2D eigenvalue weighted by atomic mass is 10.1. The molecule has 0 bridgehead atoms. The summed E-state index contributed by atoms with van der Waals surface area (Å²) in [7, 11) is 3.42. The van der Waals surface area contributed by atoms with Crippen molar-refractivity contribution in [2.45, 2.75) is 12.5 Å². The van der Waals surface area contributed by atoms with E-state index < -0.39 is 6.04 Å². The zero-order chi connectivity index (χ0) is 9.84. The Hall–Kier alpha value is -1.29. The lowest BCUT2D eigenvalue weighted by Gasteiger charge is -2.15. The maximum absolute atomic E-state index is 11.4. The van der Waals surface area contributed by atoms with Crippen LogP contribution in [0.1, 0.15) is 5.56 Å². The fourth-order valence-corrected chi connectivity index (χ4v) is 1.16. The average molecular weight is 181 g/mol. The summed E-state index contributed by atoms with van der Waals surface area (Å²) in [5.74, 6) is -0.0406. The standard InChI is InChI=1S/C9H15N3O/c1-12(2)9(13)8(10)5-7-3-4-11-6-7/h3-4,6,8,11H,5,10H2,1-2H3. The summed E-state index contributed by atoms with van der Waals surface area (Å²) in [5.41, 5.74) is 6.76. The van der Waals surface area contributed by atoms with Crippen molar-refractivity contribution in [1.82, 2.24) is 9.88 Å². The van der Waals surface area contributed by atoms with Gasteiger partial charge in [-0.2, -0.15) is 0 Å². The number of nitrogens with two attached hydrogens (primary N) is 1. The molecule has 3 N–H and O–H groups in total. The molecule has 0 radical (unpaired) electrons. The molecule has 1 unspecified atom stereocenters. The number of H-pyrrole nitrogens is 1. The molecule has 1 amide bonds. The van der Waals surface area contributed by atoms with E-state index in [4.69, 9.17) is 5.73 Å². The van der Waals surface area contributed by atoms with Gasteiger partial charge in [-0.15, -0.1) is 0 Å². The molecule has 4 heteroatoms. The number of rotatable bonds is 3. The highest BCUT2D eigenvalue weighted by Crippen LogP contribution is 2.01. The smallest absolute Gasteiger partial charge is 0.239 e. The molecule has 0 aromatic carbocycles. The molecule has 0 aliphatic carbocycles. The van der Waals surface area contributed by atoms with Gasteiger partial charge in [0.05, 0.1) is 6.04 Å². The molecule has 1 atom stereocenters. The molecule has 0 spiro atoms. The molecule has 1 aromatic rings. The molecule has 4 nitrogen and oxygen atoms in total.